The Hall–Kier alpha value is -4.19. The first-order chi connectivity index (χ1) is 23.5. The van der Waals surface area contributed by atoms with Crippen LogP contribution in [0.1, 0.15) is 73.9 Å². The Bertz CT molecular complexity index is 1510. The number of carbonyl (C=O) groups excluding carboxylic acids is 2. The standard InChI is InChI=1S/C37H44F5N3O4/c1-3-48-34-30(35(49-4-2)32(39)24-31(34)38)12-9-13-33(46)43-20-7-8-21-45-22-18-27(19-23-45)44-36(47)29-11-6-5-10-28(29)25-14-16-26(17-15-25)37(40,41)42/h5-6,10-11,14-17,24,27H,3-4,7-9,12-13,18-23H2,1-2H3,(H,43,46)(H,44,47). The highest BCUT2D eigenvalue weighted by Crippen LogP contribution is 2.36. The third kappa shape index (κ3) is 10.6. The molecule has 49 heavy (non-hydrogen) atoms. The number of nitrogens with zero attached hydrogens (tertiary/aromatic N) is 1. The van der Waals surface area contributed by atoms with E-state index >= 15 is 0 Å². The molecule has 1 aliphatic heterocycles. The van der Waals surface area contributed by atoms with Crippen molar-refractivity contribution in [2.75, 3.05) is 39.4 Å². The van der Waals surface area contributed by atoms with E-state index in [4.69, 9.17) is 9.47 Å². The fourth-order valence-electron chi connectivity index (χ4n) is 6.00. The quantitative estimate of drug-likeness (QED) is 0.120. The van der Waals surface area contributed by atoms with E-state index in [9.17, 15) is 31.5 Å². The van der Waals surface area contributed by atoms with Crippen molar-refractivity contribution in [3.63, 3.8) is 0 Å². The lowest BCUT2D eigenvalue weighted by atomic mass is 9.97. The Morgan fingerprint density at radius 2 is 1.51 bits per heavy atom. The number of carbonyl (C=O) groups is 2. The summed E-state index contributed by atoms with van der Waals surface area (Å²) in [5.41, 5.74) is 1.09. The molecule has 7 nitrogen and oxygen atoms in total. The molecule has 0 spiro atoms. The molecule has 266 valence electrons. The van der Waals surface area contributed by atoms with Crippen molar-refractivity contribution in [2.24, 2.45) is 0 Å². The summed E-state index contributed by atoms with van der Waals surface area (Å²) >= 11 is 0. The zero-order valence-electron chi connectivity index (χ0n) is 27.9. The third-order valence-electron chi connectivity index (χ3n) is 8.48. The van der Waals surface area contributed by atoms with Gasteiger partial charge in [-0.2, -0.15) is 13.2 Å². The summed E-state index contributed by atoms with van der Waals surface area (Å²) in [5, 5.41) is 6.01. The minimum atomic E-state index is -4.43. The molecule has 1 aliphatic rings. The number of hydrogen-bond donors (Lipinski definition) is 2. The maximum atomic E-state index is 14.4. The molecular weight excluding hydrogens is 645 g/mol. The largest absolute Gasteiger partial charge is 0.490 e. The van der Waals surface area contributed by atoms with Crippen molar-refractivity contribution in [2.45, 2.75) is 71.0 Å². The number of alkyl halides is 3. The molecule has 2 N–H and O–H groups in total. The second-order valence-electron chi connectivity index (χ2n) is 12.0. The highest BCUT2D eigenvalue weighted by molar-refractivity contribution is 6.01. The summed E-state index contributed by atoms with van der Waals surface area (Å²) in [6, 6.07) is 12.4. The topological polar surface area (TPSA) is 79.9 Å². The molecule has 2 amide bonds. The zero-order valence-corrected chi connectivity index (χ0v) is 27.9. The highest BCUT2D eigenvalue weighted by atomic mass is 19.4. The molecule has 1 fully saturated rings. The summed E-state index contributed by atoms with van der Waals surface area (Å²) in [4.78, 5) is 27.9. The number of piperidine rings is 1. The van der Waals surface area contributed by atoms with E-state index in [1.165, 1.54) is 12.1 Å². The number of ether oxygens (including phenoxy) is 2. The van der Waals surface area contributed by atoms with Crippen molar-refractivity contribution >= 4 is 11.8 Å². The van der Waals surface area contributed by atoms with Crippen LogP contribution >= 0.6 is 0 Å². The van der Waals surface area contributed by atoms with Crippen molar-refractivity contribution in [3.05, 3.63) is 82.9 Å². The molecule has 0 aliphatic carbocycles. The van der Waals surface area contributed by atoms with Crippen LogP contribution in [0.4, 0.5) is 22.0 Å². The van der Waals surface area contributed by atoms with Crippen LogP contribution < -0.4 is 20.1 Å². The van der Waals surface area contributed by atoms with Crippen LogP contribution in [0.3, 0.4) is 0 Å². The first kappa shape index (κ1) is 37.6. The number of halogens is 5. The Balaban J connectivity index is 1.14. The Morgan fingerprint density at radius 1 is 0.878 bits per heavy atom. The van der Waals surface area contributed by atoms with E-state index in [0.29, 0.717) is 35.2 Å². The molecule has 1 heterocycles. The van der Waals surface area contributed by atoms with E-state index < -0.39 is 23.4 Å². The van der Waals surface area contributed by atoms with Gasteiger partial charge in [-0.1, -0.05) is 30.3 Å². The Morgan fingerprint density at radius 3 is 2.12 bits per heavy atom. The average molecular weight is 690 g/mol. The van der Waals surface area contributed by atoms with Gasteiger partial charge in [0.15, 0.2) is 23.1 Å². The molecule has 12 heteroatoms. The number of likely N-dealkylation sites (tertiary alicyclic amines) is 1. The van der Waals surface area contributed by atoms with Gasteiger partial charge in [0, 0.05) is 49.3 Å². The molecule has 4 rings (SSSR count). The van der Waals surface area contributed by atoms with E-state index in [2.05, 4.69) is 15.5 Å². The first-order valence-electron chi connectivity index (χ1n) is 16.8. The summed E-state index contributed by atoms with van der Waals surface area (Å²) in [7, 11) is 0. The zero-order chi connectivity index (χ0) is 35.4. The predicted molar refractivity (Wildman–Crippen MR) is 178 cm³/mol. The number of unbranched alkanes of at least 4 members (excludes halogenated alkanes) is 1. The summed E-state index contributed by atoms with van der Waals surface area (Å²) in [6.07, 6.45) is -0.397. The van der Waals surface area contributed by atoms with Crippen LogP contribution in [0.15, 0.2) is 54.6 Å². The number of nitrogens with one attached hydrogen (secondary N) is 2. The third-order valence-corrected chi connectivity index (χ3v) is 8.48. The lowest BCUT2D eigenvalue weighted by Crippen LogP contribution is -2.45. The molecular formula is C37H44F5N3O4. The molecule has 3 aromatic carbocycles. The van der Waals surface area contributed by atoms with Gasteiger partial charge in [0.1, 0.15) is 0 Å². The van der Waals surface area contributed by atoms with Gasteiger partial charge >= 0.3 is 6.18 Å². The summed E-state index contributed by atoms with van der Waals surface area (Å²) < 4.78 is 78.6. The number of amides is 2. The van der Waals surface area contributed by atoms with E-state index in [1.54, 1.807) is 38.1 Å². The van der Waals surface area contributed by atoms with Crippen molar-refractivity contribution in [1.82, 2.24) is 15.5 Å². The molecule has 0 aromatic heterocycles. The number of benzene rings is 3. The van der Waals surface area contributed by atoms with Gasteiger partial charge in [0.05, 0.1) is 18.8 Å². The second kappa shape index (κ2) is 18.0. The molecule has 0 bridgehead atoms. The van der Waals surface area contributed by atoms with Gasteiger partial charge in [-0.25, -0.2) is 8.78 Å². The van der Waals surface area contributed by atoms with Gasteiger partial charge in [0.2, 0.25) is 5.91 Å². The molecule has 1 saturated heterocycles. The summed E-state index contributed by atoms with van der Waals surface area (Å²) in [6.45, 7) is 6.85. The Kier molecular flexibility index (Phi) is 13.8. The SMILES string of the molecule is CCOc1c(F)cc(F)c(OCC)c1CCCC(=O)NCCCCN1CCC(NC(=O)c2ccccc2-c2ccc(C(F)(F)F)cc2)CC1. The van der Waals surface area contributed by atoms with Gasteiger partial charge in [-0.3, -0.25) is 9.59 Å². The van der Waals surface area contributed by atoms with Crippen molar-refractivity contribution in [1.29, 1.82) is 0 Å². The number of rotatable bonds is 16. The molecule has 0 radical (unpaired) electrons. The van der Waals surface area contributed by atoms with Crippen LogP contribution in [0.2, 0.25) is 0 Å². The van der Waals surface area contributed by atoms with Gasteiger partial charge in [-0.15, -0.1) is 0 Å². The maximum Gasteiger partial charge on any atom is 0.416 e. The van der Waals surface area contributed by atoms with Gasteiger partial charge in [-0.05, 0) is 88.2 Å². The Labute approximate surface area is 284 Å². The fourth-order valence-corrected chi connectivity index (χ4v) is 6.00. The lowest BCUT2D eigenvalue weighted by Gasteiger charge is -2.32. The minimum Gasteiger partial charge on any atom is -0.490 e. The predicted octanol–water partition coefficient (Wildman–Crippen LogP) is 7.56. The van der Waals surface area contributed by atoms with Crippen LogP contribution in [-0.2, 0) is 17.4 Å². The van der Waals surface area contributed by atoms with Crippen molar-refractivity contribution < 1.29 is 41.0 Å². The average Bonchev–Trinajstić information content (AvgIpc) is 3.08. The second-order valence-corrected chi connectivity index (χ2v) is 12.0. The lowest BCUT2D eigenvalue weighted by molar-refractivity contribution is -0.137. The van der Waals surface area contributed by atoms with Crippen LogP contribution in [0.5, 0.6) is 11.5 Å². The summed E-state index contributed by atoms with van der Waals surface area (Å²) in [5.74, 6) is -2.06. The minimum absolute atomic E-state index is 0.0122. The normalized spacial score (nSPS) is 14.0. The highest BCUT2D eigenvalue weighted by Gasteiger charge is 2.30. The molecule has 0 unspecified atom stereocenters. The molecule has 0 saturated carbocycles. The monoisotopic (exact) mass is 689 g/mol. The van der Waals surface area contributed by atoms with Crippen LogP contribution in [-0.4, -0.2) is 62.1 Å². The van der Waals surface area contributed by atoms with E-state index in [-0.39, 0.29) is 55.4 Å². The molecule has 3 aromatic rings. The smallest absolute Gasteiger partial charge is 0.416 e. The molecule has 0 atom stereocenters. The van der Waals surface area contributed by atoms with E-state index in [0.717, 1.165) is 63.5 Å². The first-order valence-corrected chi connectivity index (χ1v) is 16.8. The van der Waals surface area contributed by atoms with Crippen LogP contribution in [0, 0.1) is 11.6 Å². The maximum absolute atomic E-state index is 14.4. The van der Waals surface area contributed by atoms with E-state index in [1.807, 2.05) is 0 Å². The van der Waals surface area contributed by atoms with Crippen molar-refractivity contribution in [3.8, 4) is 22.6 Å². The van der Waals surface area contributed by atoms with Crippen LogP contribution in [0.25, 0.3) is 11.1 Å². The van der Waals surface area contributed by atoms with Gasteiger partial charge in [0.25, 0.3) is 5.91 Å². The fraction of sp³-hybridized carbons (Fsp3) is 0.459. The van der Waals surface area contributed by atoms with Gasteiger partial charge < -0.3 is 25.0 Å². The number of hydrogen-bond acceptors (Lipinski definition) is 5.